The summed E-state index contributed by atoms with van der Waals surface area (Å²) >= 11 is 0. The van der Waals surface area contributed by atoms with Gasteiger partial charge in [0.2, 0.25) is 0 Å². The molecule has 1 fully saturated rings. The van der Waals surface area contributed by atoms with Crippen molar-refractivity contribution in [3.63, 3.8) is 0 Å². The van der Waals surface area contributed by atoms with Crippen LogP contribution in [0.3, 0.4) is 0 Å². The van der Waals surface area contributed by atoms with Crippen LogP contribution in [0.15, 0.2) is 0 Å². The molecular formula is C9H18O3. The van der Waals surface area contributed by atoms with Gasteiger partial charge in [-0.05, 0) is 18.8 Å². The van der Waals surface area contributed by atoms with Gasteiger partial charge in [-0.1, -0.05) is 6.92 Å². The molecule has 3 heteroatoms. The monoisotopic (exact) mass is 174 g/mol. The molecule has 1 saturated heterocycles. The van der Waals surface area contributed by atoms with Crippen molar-refractivity contribution < 1.29 is 14.6 Å². The van der Waals surface area contributed by atoms with E-state index in [0.717, 1.165) is 32.5 Å². The van der Waals surface area contributed by atoms with E-state index in [1.807, 2.05) is 0 Å². The maximum atomic E-state index is 8.61. The van der Waals surface area contributed by atoms with Gasteiger partial charge in [-0.2, -0.15) is 0 Å². The van der Waals surface area contributed by atoms with Crippen LogP contribution in [0.25, 0.3) is 0 Å². The maximum Gasteiger partial charge on any atom is 0.158 e. The maximum absolute atomic E-state index is 8.61. The minimum Gasteiger partial charge on any atom is -0.396 e. The third-order valence-corrected chi connectivity index (χ3v) is 2.14. The molecular weight excluding hydrogens is 156 g/mol. The average molecular weight is 174 g/mol. The van der Waals surface area contributed by atoms with E-state index in [4.69, 9.17) is 14.6 Å². The number of ether oxygens (including phenoxy) is 2. The summed E-state index contributed by atoms with van der Waals surface area (Å²) in [7, 11) is 0. The standard InChI is InChI=1S/C9H18O3/c1-8(3-2-4-10)7-9-11-5-6-12-9/h8-10H,2-7H2,1H3/t8-/m1/s1. The summed E-state index contributed by atoms with van der Waals surface area (Å²) in [6, 6.07) is 0. The highest BCUT2D eigenvalue weighted by atomic mass is 16.7. The lowest BCUT2D eigenvalue weighted by Gasteiger charge is -2.14. The van der Waals surface area contributed by atoms with Gasteiger partial charge in [0.15, 0.2) is 6.29 Å². The van der Waals surface area contributed by atoms with Crippen LogP contribution in [0, 0.1) is 5.92 Å². The van der Waals surface area contributed by atoms with Crippen molar-refractivity contribution >= 4 is 0 Å². The lowest BCUT2D eigenvalue weighted by Crippen LogP contribution is -2.12. The van der Waals surface area contributed by atoms with Gasteiger partial charge in [0.05, 0.1) is 13.2 Å². The zero-order chi connectivity index (χ0) is 8.81. The molecule has 0 aromatic heterocycles. The highest BCUT2D eigenvalue weighted by Crippen LogP contribution is 2.17. The molecule has 0 unspecified atom stereocenters. The number of hydrogen-bond acceptors (Lipinski definition) is 3. The molecule has 0 aromatic carbocycles. The highest BCUT2D eigenvalue weighted by Gasteiger charge is 2.18. The minimum atomic E-state index is 0.0127. The van der Waals surface area contributed by atoms with Crippen LogP contribution in [0.1, 0.15) is 26.2 Å². The third kappa shape index (κ3) is 3.52. The predicted molar refractivity (Wildman–Crippen MR) is 45.8 cm³/mol. The first-order chi connectivity index (χ1) is 5.83. The first kappa shape index (κ1) is 9.96. The number of aliphatic hydroxyl groups excluding tert-OH is 1. The molecule has 72 valence electrons. The van der Waals surface area contributed by atoms with Crippen molar-refractivity contribution in [3.05, 3.63) is 0 Å². The number of aliphatic hydroxyl groups is 1. The van der Waals surface area contributed by atoms with Crippen molar-refractivity contribution in [2.45, 2.75) is 32.5 Å². The van der Waals surface area contributed by atoms with Gasteiger partial charge in [0, 0.05) is 13.0 Å². The largest absolute Gasteiger partial charge is 0.396 e. The van der Waals surface area contributed by atoms with Crippen LogP contribution >= 0.6 is 0 Å². The molecule has 0 radical (unpaired) electrons. The van der Waals surface area contributed by atoms with Crippen molar-refractivity contribution in [1.82, 2.24) is 0 Å². The Balaban J connectivity index is 2.03. The lowest BCUT2D eigenvalue weighted by atomic mass is 10.0. The first-order valence-corrected chi connectivity index (χ1v) is 4.67. The van der Waals surface area contributed by atoms with E-state index in [9.17, 15) is 0 Å². The normalized spacial score (nSPS) is 21.5. The molecule has 1 atom stereocenters. The van der Waals surface area contributed by atoms with Gasteiger partial charge >= 0.3 is 0 Å². The Hall–Kier alpha value is -0.120. The highest BCUT2D eigenvalue weighted by molar-refractivity contribution is 4.59. The van der Waals surface area contributed by atoms with E-state index in [-0.39, 0.29) is 12.9 Å². The smallest absolute Gasteiger partial charge is 0.158 e. The fourth-order valence-electron chi connectivity index (χ4n) is 1.43. The van der Waals surface area contributed by atoms with Gasteiger partial charge in [0.1, 0.15) is 0 Å². The summed E-state index contributed by atoms with van der Waals surface area (Å²) < 4.78 is 10.6. The van der Waals surface area contributed by atoms with Crippen molar-refractivity contribution in [2.75, 3.05) is 19.8 Å². The first-order valence-electron chi connectivity index (χ1n) is 4.67. The van der Waals surface area contributed by atoms with Crippen LogP contribution in [0.4, 0.5) is 0 Å². The fourth-order valence-corrected chi connectivity index (χ4v) is 1.43. The fraction of sp³-hybridized carbons (Fsp3) is 1.00. The molecule has 1 N–H and O–H groups in total. The molecule has 0 aromatic rings. The van der Waals surface area contributed by atoms with Crippen LogP contribution < -0.4 is 0 Å². The minimum absolute atomic E-state index is 0.0127. The summed E-state index contributed by atoms with van der Waals surface area (Å²) in [5.74, 6) is 0.584. The summed E-state index contributed by atoms with van der Waals surface area (Å²) in [4.78, 5) is 0. The second kappa shape index (κ2) is 5.51. The molecule has 1 heterocycles. The lowest BCUT2D eigenvalue weighted by molar-refractivity contribution is -0.0563. The summed E-state index contributed by atoms with van der Waals surface area (Å²) in [6.07, 6.45) is 2.91. The predicted octanol–water partition coefficient (Wildman–Crippen LogP) is 1.16. The van der Waals surface area contributed by atoms with E-state index in [2.05, 4.69) is 6.92 Å². The zero-order valence-electron chi connectivity index (χ0n) is 7.66. The average Bonchev–Trinajstić information content (AvgIpc) is 2.53. The second-order valence-electron chi connectivity index (χ2n) is 3.38. The SMILES string of the molecule is C[C@H](CCCO)CC1OCCO1. The van der Waals surface area contributed by atoms with Gasteiger partial charge in [0.25, 0.3) is 0 Å². The van der Waals surface area contributed by atoms with E-state index >= 15 is 0 Å². The van der Waals surface area contributed by atoms with E-state index in [0.29, 0.717) is 5.92 Å². The Morgan fingerprint density at radius 1 is 1.42 bits per heavy atom. The quantitative estimate of drug-likeness (QED) is 0.679. The van der Waals surface area contributed by atoms with Crippen LogP contribution in [-0.4, -0.2) is 31.2 Å². The summed E-state index contributed by atoms with van der Waals surface area (Å²) in [5.41, 5.74) is 0. The van der Waals surface area contributed by atoms with Crippen LogP contribution in [0.5, 0.6) is 0 Å². The van der Waals surface area contributed by atoms with Gasteiger partial charge in [-0.15, -0.1) is 0 Å². The Morgan fingerprint density at radius 2 is 2.08 bits per heavy atom. The molecule has 1 aliphatic rings. The molecule has 1 rings (SSSR count). The molecule has 12 heavy (non-hydrogen) atoms. The van der Waals surface area contributed by atoms with Crippen molar-refractivity contribution in [1.29, 1.82) is 0 Å². The van der Waals surface area contributed by atoms with Crippen LogP contribution in [-0.2, 0) is 9.47 Å². The molecule has 0 amide bonds. The number of rotatable bonds is 5. The molecule has 1 aliphatic heterocycles. The van der Waals surface area contributed by atoms with Crippen molar-refractivity contribution in [2.24, 2.45) is 5.92 Å². The third-order valence-electron chi connectivity index (χ3n) is 2.14. The molecule has 3 nitrogen and oxygen atoms in total. The topological polar surface area (TPSA) is 38.7 Å². The van der Waals surface area contributed by atoms with E-state index in [1.165, 1.54) is 0 Å². The molecule has 0 bridgehead atoms. The second-order valence-corrected chi connectivity index (χ2v) is 3.38. The summed E-state index contributed by atoms with van der Waals surface area (Å²) in [5, 5.41) is 8.61. The Morgan fingerprint density at radius 3 is 2.67 bits per heavy atom. The summed E-state index contributed by atoms with van der Waals surface area (Å²) in [6.45, 7) is 3.92. The molecule has 0 spiro atoms. The van der Waals surface area contributed by atoms with E-state index < -0.39 is 0 Å². The number of hydrogen-bond donors (Lipinski definition) is 1. The molecule has 0 aliphatic carbocycles. The zero-order valence-corrected chi connectivity index (χ0v) is 7.66. The Bertz CT molecular complexity index is 110. The Labute approximate surface area is 73.7 Å². The molecule has 0 saturated carbocycles. The van der Waals surface area contributed by atoms with Gasteiger partial charge in [-0.3, -0.25) is 0 Å². The Kier molecular flexibility index (Phi) is 4.58. The van der Waals surface area contributed by atoms with Crippen molar-refractivity contribution in [3.8, 4) is 0 Å². The van der Waals surface area contributed by atoms with Gasteiger partial charge in [-0.25, -0.2) is 0 Å². The van der Waals surface area contributed by atoms with E-state index in [1.54, 1.807) is 0 Å². The van der Waals surface area contributed by atoms with Crippen LogP contribution in [0.2, 0.25) is 0 Å². The van der Waals surface area contributed by atoms with Gasteiger partial charge < -0.3 is 14.6 Å².